The van der Waals surface area contributed by atoms with Gasteiger partial charge in [-0.3, -0.25) is 10.3 Å². The van der Waals surface area contributed by atoms with Crippen molar-refractivity contribution in [2.45, 2.75) is 38.6 Å². The molecule has 0 aliphatic carbocycles. The second-order valence-electron chi connectivity index (χ2n) is 6.05. The minimum atomic E-state index is -0.534. The number of hydrogen-bond donors (Lipinski definition) is 3. The third-order valence-electron chi connectivity index (χ3n) is 2.99. The van der Waals surface area contributed by atoms with E-state index in [1.54, 1.807) is 18.6 Å². The standard InChI is InChI=1S/C16H22N4O2/c1-16(2,3)22-15(21)20-13-9-11(6-8-19-13)14(17)12-5-4-7-18-10-12/h4-10,13-14,19H,17H2,1-3H3,(H,20,21). The molecule has 0 bridgehead atoms. The molecular weight excluding hydrogens is 280 g/mol. The first-order valence-corrected chi connectivity index (χ1v) is 7.14. The molecule has 0 spiro atoms. The number of ether oxygens (including phenoxy) is 1. The number of nitrogens with two attached hydrogens (primary N) is 1. The average molecular weight is 302 g/mol. The van der Waals surface area contributed by atoms with Crippen LogP contribution in [0.1, 0.15) is 32.4 Å². The summed E-state index contributed by atoms with van der Waals surface area (Å²) in [6.45, 7) is 5.46. The lowest BCUT2D eigenvalue weighted by Crippen LogP contribution is -2.45. The Morgan fingerprint density at radius 1 is 1.50 bits per heavy atom. The third-order valence-corrected chi connectivity index (χ3v) is 2.99. The van der Waals surface area contributed by atoms with Gasteiger partial charge in [0.25, 0.3) is 0 Å². The van der Waals surface area contributed by atoms with E-state index in [9.17, 15) is 4.79 Å². The summed E-state index contributed by atoms with van der Waals surface area (Å²) in [4.78, 5) is 15.9. The van der Waals surface area contributed by atoms with Crippen molar-refractivity contribution in [2.75, 3.05) is 0 Å². The van der Waals surface area contributed by atoms with Crippen LogP contribution in [0.15, 0.2) is 48.5 Å². The van der Waals surface area contributed by atoms with Crippen molar-refractivity contribution < 1.29 is 9.53 Å². The fraction of sp³-hybridized carbons (Fsp3) is 0.375. The van der Waals surface area contributed by atoms with Crippen LogP contribution in [0, 0.1) is 0 Å². The fourth-order valence-electron chi connectivity index (χ4n) is 2.02. The van der Waals surface area contributed by atoms with Gasteiger partial charge in [0.1, 0.15) is 11.8 Å². The zero-order valence-corrected chi connectivity index (χ0v) is 13.0. The highest BCUT2D eigenvalue weighted by Crippen LogP contribution is 2.21. The van der Waals surface area contributed by atoms with Crippen molar-refractivity contribution in [1.29, 1.82) is 0 Å². The Labute approximate surface area is 130 Å². The van der Waals surface area contributed by atoms with Gasteiger partial charge in [-0.15, -0.1) is 0 Å². The first kappa shape index (κ1) is 16.0. The van der Waals surface area contributed by atoms with Gasteiger partial charge in [-0.2, -0.15) is 0 Å². The molecule has 2 unspecified atom stereocenters. The van der Waals surface area contributed by atoms with Gasteiger partial charge in [-0.05, 0) is 56.3 Å². The number of aromatic nitrogens is 1. The Bertz CT molecular complexity index is 576. The summed E-state index contributed by atoms with van der Waals surface area (Å²) in [5.74, 6) is 0. The second kappa shape index (κ2) is 6.62. The predicted octanol–water partition coefficient (Wildman–Crippen LogP) is 1.98. The van der Waals surface area contributed by atoms with Crippen LogP contribution < -0.4 is 16.4 Å². The van der Waals surface area contributed by atoms with Gasteiger partial charge in [-0.1, -0.05) is 6.07 Å². The normalized spacial score (nSPS) is 18.9. The number of alkyl carbamates (subject to hydrolysis) is 1. The Kier molecular flexibility index (Phi) is 4.82. The molecule has 0 fully saturated rings. The first-order chi connectivity index (χ1) is 10.3. The molecule has 0 saturated carbocycles. The van der Waals surface area contributed by atoms with E-state index in [2.05, 4.69) is 15.6 Å². The summed E-state index contributed by atoms with van der Waals surface area (Å²) in [5, 5.41) is 5.77. The molecule has 1 aromatic rings. The minimum Gasteiger partial charge on any atom is -0.444 e. The van der Waals surface area contributed by atoms with Crippen molar-refractivity contribution in [2.24, 2.45) is 5.73 Å². The summed E-state index contributed by atoms with van der Waals surface area (Å²) in [5.41, 5.74) is 7.51. The van der Waals surface area contributed by atoms with Gasteiger partial charge >= 0.3 is 6.09 Å². The number of carbonyl (C=O) groups is 1. The lowest BCUT2D eigenvalue weighted by Gasteiger charge is -2.25. The highest BCUT2D eigenvalue weighted by atomic mass is 16.6. The van der Waals surface area contributed by atoms with E-state index in [1.165, 1.54) is 0 Å². The van der Waals surface area contributed by atoms with Gasteiger partial charge in [0.05, 0.1) is 6.04 Å². The molecule has 2 atom stereocenters. The van der Waals surface area contributed by atoms with Gasteiger partial charge in [0.2, 0.25) is 0 Å². The van der Waals surface area contributed by atoms with Crippen LogP contribution in [-0.2, 0) is 4.74 Å². The third kappa shape index (κ3) is 4.60. The van der Waals surface area contributed by atoms with Crippen LogP contribution in [0.2, 0.25) is 0 Å². The number of rotatable bonds is 3. The lowest BCUT2D eigenvalue weighted by molar-refractivity contribution is 0.0509. The maximum Gasteiger partial charge on any atom is 0.409 e. The number of carbonyl (C=O) groups excluding carboxylic acids is 1. The largest absolute Gasteiger partial charge is 0.444 e. The van der Waals surface area contributed by atoms with E-state index in [4.69, 9.17) is 10.5 Å². The molecule has 2 heterocycles. The Morgan fingerprint density at radius 3 is 2.91 bits per heavy atom. The number of nitrogens with one attached hydrogen (secondary N) is 2. The lowest BCUT2D eigenvalue weighted by atomic mass is 9.99. The van der Waals surface area contributed by atoms with Gasteiger partial charge in [0.15, 0.2) is 0 Å². The summed E-state index contributed by atoms with van der Waals surface area (Å²) >= 11 is 0. The molecule has 6 nitrogen and oxygen atoms in total. The molecular formula is C16H22N4O2. The van der Waals surface area contributed by atoms with Crippen molar-refractivity contribution in [1.82, 2.24) is 15.6 Å². The zero-order valence-electron chi connectivity index (χ0n) is 13.0. The molecule has 1 amide bonds. The summed E-state index contributed by atoms with van der Waals surface area (Å²) < 4.78 is 5.24. The van der Waals surface area contributed by atoms with Crippen LogP contribution in [-0.4, -0.2) is 22.8 Å². The summed E-state index contributed by atoms with van der Waals surface area (Å²) in [6.07, 6.45) is 8.09. The molecule has 0 aromatic carbocycles. The number of amides is 1. The van der Waals surface area contributed by atoms with Crippen molar-refractivity contribution in [3.8, 4) is 0 Å². The highest BCUT2D eigenvalue weighted by Gasteiger charge is 2.20. The van der Waals surface area contributed by atoms with Crippen molar-refractivity contribution in [3.05, 3.63) is 54.0 Å². The van der Waals surface area contributed by atoms with E-state index in [-0.39, 0.29) is 12.2 Å². The molecule has 0 saturated heterocycles. The molecule has 22 heavy (non-hydrogen) atoms. The van der Waals surface area contributed by atoms with Crippen LogP contribution >= 0.6 is 0 Å². The SMILES string of the molecule is CC(C)(C)OC(=O)NC1C=C(C(N)c2cccnc2)C=CN1. The van der Waals surface area contributed by atoms with Crippen LogP contribution in [0.3, 0.4) is 0 Å². The van der Waals surface area contributed by atoms with E-state index < -0.39 is 11.7 Å². The smallest absolute Gasteiger partial charge is 0.409 e. The van der Waals surface area contributed by atoms with E-state index in [0.29, 0.717) is 0 Å². The number of dihydropyridines is 1. The topological polar surface area (TPSA) is 89.3 Å². The molecule has 1 aromatic heterocycles. The molecule has 4 N–H and O–H groups in total. The van der Waals surface area contributed by atoms with Crippen LogP contribution in [0.25, 0.3) is 0 Å². The quantitative estimate of drug-likeness (QED) is 0.794. The zero-order chi connectivity index (χ0) is 16.2. The van der Waals surface area contributed by atoms with E-state index in [0.717, 1.165) is 11.1 Å². The van der Waals surface area contributed by atoms with Gasteiger partial charge in [0, 0.05) is 12.4 Å². The number of nitrogens with zero attached hydrogens (tertiary/aromatic N) is 1. The van der Waals surface area contributed by atoms with E-state index in [1.807, 2.05) is 45.1 Å². The van der Waals surface area contributed by atoms with Crippen LogP contribution in [0.4, 0.5) is 4.79 Å². The van der Waals surface area contributed by atoms with E-state index >= 15 is 0 Å². The molecule has 0 radical (unpaired) electrons. The summed E-state index contributed by atoms with van der Waals surface area (Å²) in [7, 11) is 0. The second-order valence-corrected chi connectivity index (χ2v) is 6.05. The van der Waals surface area contributed by atoms with Crippen molar-refractivity contribution >= 4 is 6.09 Å². The fourth-order valence-corrected chi connectivity index (χ4v) is 2.02. The Hall–Kier alpha value is -2.34. The monoisotopic (exact) mass is 302 g/mol. The molecule has 2 rings (SSSR count). The van der Waals surface area contributed by atoms with Crippen molar-refractivity contribution in [3.63, 3.8) is 0 Å². The highest BCUT2D eigenvalue weighted by molar-refractivity contribution is 5.68. The first-order valence-electron chi connectivity index (χ1n) is 7.14. The molecule has 118 valence electrons. The van der Waals surface area contributed by atoms with Gasteiger partial charge < -0.3 is 15.8 Å². The Morgan fingerprint density at radius 2 is 2.27 bits per heavy atom. The van der Waals surface area contributed by atoms with Gasteiger partial charge in [-0.25, -0.2) is 4.79 Å². The average Bonchev–Trinajstić information content (AvgIpc) is 2.45. The molecule has 1 aliphatic rings. The molecule has 6 heteroatoms. The maximum atomic E-state index is 11.8. The number of pyridine rings is 1. The maximum absolute atomic E-state index is 11.8. The Balaban J connectivity index is 2.03. The molecule has 1 aliphatic heterocycles. The number of hydrogen-bond acceptors (Lipinski definition) is 5. The van der Waals surface area contributed by atoms with Crippen LogP contribution in [0.5, 0.6) is 0 Å². The predicted molar refractivity (Wildman–Crippen MR) is 84.7 cm³/mol. The minimum absolute atomic E-state index is 0.296. The summed E-state index contributed by atoms with van der Waals surface area (Å²) in [6, 6.07) is 3.47.